The Morgan fingerprint density at radius 1 is 1.50 bits per heavy atom. The Morgan fingerprint density at radius 2 is 2.08 bits per heavy atom. The molecule has 0 unspecified atom stereocenters. The molecular weight excluding hydrogens is 249 g/mol. The van der Waals surface area contributed by atoms with Crippen molar-refractivity contribution in [2.75, 3.05) is 19.0 Å². The van der Waals surface area contributed by atoms with Crippen molar-refractivity contribution in [1.29, 1.82) is 0 Å². The van der Waals surface area contributed by atoms with Crippen molar-refractivity contribution in [1.82, 2.24) is 3.33 Å². The molecule has 0 aromatic rings. The third kappa shape index (κ3) is 4.37. The molecule has 0 radical (unpaired) electrons. The quantitative estimate of drug-likeness (QED) is 0.683. The summed E-state index contributed by atoms with van der Waals surface area (Å²) in [7, 11) is -3.41. The third-order valence-electron chi connectivity index (χ3n) is 1.32. The Bertz CT molecular complexity index is 208. The summed E-state index contributed by atoms with van der Waals surface area (Å²) in [6.07, 6.45) is 1.68. The second-order valence-corrected chi connectivity index (χ2v) is 5.71. The fourth-order valence-electron chi connectivity index (χ4n) is 0.618. The third-order valence-corrected chi connectivity index (χ3v) is 4.46. The average Bonchev–Trinajstić information content (AvgIpc) is 2.00. The molecule has 0 saturated carbocycles. The predicted molar refractivity (Wildman–Crippen MR) is 50.3 cm³/mol. The van der Waals surface area contributed by atoms with Crippen LogP contribution in [0.15, 0.2) is 0 Å². The lowest BCUT2D eigenvalue weighted by atomic mass is 10.3. The molecule has 0 N–H and O–H groups in total. The van der Waals surface area contributed by atoms with Gasteiger partial charge in [-0.25, -0.2) is 12.8 Å². The average molecular weight is 262 g/mol. The Hall–Kier alpha value is 0.320. The molecule has 0 saturated heterocycles. The smallest absolute Gasteiger partial charge is 0.226 e. The lowest BCUT2D eigenvalue weighted by Crippen LogP contribution is -2.25. The largest absolute Gasteiger partial charge is 0.250 e. The van der Waals surface area contributed by atoms with Gasteiger partial charge in [0.2, 0.25) is 10.0 Å². The van der Waals surface area contributed by atoms with Crippen molar-refractivity contribution in [3.63, 3.8) is 0 Å². The first-order chi connectivity index (χ1) is 5.54. The van der Waals surface area contributed by atoms with E-state index in [1.807, 2.05) is 6.92 Å². The van der Waals surface area contributed by atoms with Crippen LogP contribution in [0.5, 0.6) is 0 Å². The lowest BCUT2D eigenvalue weighted by molar-refractivity contribution is 0.498. The SMILES string of the molecule is CCCCN(Br)S(=O)(=O)CCF. The van der Waals surface area contributed by atoms with Crippen LogP contribution in [0.4, 0.5) is 4.39 Å². The number of alkyl halides is 1. The summed E-state index contributed by atoms with van der Waals surface area (Å²) < 4.78 is 34.9. The number of halogens is 2. The molecule has 0 bridgehead atoms. The Kier molecular flexibility index (Phi) is 6.04. The van der Waals surface area contributed by atoms with Gasteiger partial charge >= 0.3 is 0 Å². The van der Waals surface area contributed by atoms with Gasteiger partial charge in [0.15, 0.2) is 0 Å². The van der Waals surface area contributed by atoms with Crippen LogP contribution in [-0.4, -0.2) is 30.7 Å². The summed E-state index contributed by atoms with van der Waals surface area (Å²) in [6, 6.07) is 0. The molecule has 0 rings (SSSR count). The van der Waals surface area contributed by atoms with Crippen LogP contribution in [-0.2, 0) is 10.0 Å². The molecule has 0 atom stereocenters. The summed E-state index contributed by atoms with van der Waals surface area (Å²) in [6.45, 7) is 1.53. The molecule has 74 valence electrons. The summed E-state index contributed by atoms with van der Waals surface area (Å²) in [5, 5.41) is 0. The molecule has 12 heavy (non-hydrogen) atoms. The van der Waals surface area contributed by atoms with Gasteiger partial charge in [0.05, 0.1) is 5.75 Å². The topological polar surface area (TPSA) is 37.4 Å². The summed E-state index contributed by atoms with van der Waals surface area (Å²) in [4.78, 5) is 0. The highest BCUT2D eigenvalue weighted by Crippen LogP contribution is 2.09. The zero-order valence-electron chi connectivity index (χ0n) is 6.96. The van der Waals surface area contributed by atoms with Gasteiger partial charge in [-0.3, -0.25) is 0 Å². The molecule has 3 nitrogen and oxygen atoms in total. The standard InChI is InChI=1S/C6H13BrFNO2S/c1-2-3-5-9(7)12(10,11)6-4-8/h2-6H2,1H3. The van der Waals surface area contributed by atoms with Crippen molar-refractivity contribution >= 4 is 26.2 Å². The minimum absolute atomic E-state index is 0.402. The molecule has 0 aliphatic carbocycles. The summed E-state index contributed by atoms with van der Waals surface area (Å²) >= 11 is 2.88. The van der Waals surface area contributed by atoms with Gasteiger partial charge in [-0.05, 0) is 6.42 Å². The maximum Gasteiger partial charge on any atom is 0.226 e. The summed E-state index contributed by atoms with van der Waals surface area (Å²) in [5.74, 6) is -0.442. The Balaban J connectivity index is 3.98. The van der Waals surface area contributed by atoms with Gasteiger partial charge in [0.1, 0.15) is 6.67 Å². The van der Waals surface area contributed by atoms with Gasteiger partial charge in [0, 0.05) is 22.7 Å². The first-order valence-corrected chi connectivity index (χ1v) is 6.08. The molecule has 0 aromatic heterocycles. The van der Waals surface area contributed by atoms with Crippen molar-refractivity contribution < 1.29 is 12.8 Å². The van der Waals surface area contributed by atoms with E-state index in [-0.39, 0.29) is 0 Å². The van der Waals surface area contributed by atoms with Crippen LogP contribution in [0.1, 0.15) is 19.8 Å². The van der Waals surface area contributed by atoms with Gasteiger partial charge in [-0.15, -0.1) is 3.33 Å². The molecule has 0 heterocycles. The predicted octanol–water partition coefficient (Wildman–Crippen LogP) is 1.70. The number of hydrogen-bond acceptors (Lipinski definition) is 2. The molecular formula is C6H13BrFNO2S. The number of rotatable bonds is 6. The van der Waals surface area contributed by atoms with Crippen LogP contribution in [0, 0.1) is 0 Å². The number of nitrogens with zero attached hydrogens (tertiary/aromatic N) is 1. The van der Waals surface area contributed by atoms with Crippen LogP contribution in [0.3, 0.4) is 0 Å². The highest BCUT2D eigenvalue weighted by Gasteiger charge is 2.17. The summed E-state index contributed by atoms with van der Waals surface area (Å²) in [5.41, 5.74) is 0. The highest BCUT2D eigenvalue weighted by molar-refractivity contribution is 9.08. The van der Waals surface area contributed by atoms with E-state index < -0.39 is 22.5 Å². The minimum Gasteiger partial charge on any atom is -0.250 e. The molecule has 0 amide bonds. The Labute approximate surface area is 81.3 Å². The van der Waals surface area contributed by atoms with Crippen LogP contribution in [0.25, 0.3) is 0 Å². The molecule has 0 aliphatic heterocycles. The molecule has 0 spiro atoms. The van der Waals surface area contributed by atoms with E-state index in [2.05, 4.69) is 16.1 Å². The number of unbranched alkanes of at least 4 members (excludes halogenated alkanes) is 1. The van der Waals surface area contributed by atoms with Crippen LogP contribution >= 0.6 is 16.1 Å². The lowest BCUT2D eigenvalue weighted by Gasteiger charge is -2.12. The first-order valence-electron chi connectivity index (χ1n) is 3.76. The van der Waals surface area contributed by atoms with E-state index in [0.717, 1.165) is 16.2 Å². The molecule has 0 aliphatic rings. The first kappa shape index (κ1) is 12.3. The monoisotopic (exact) mass is 261 g/mol. The Morgan fingerprint density at radius 3 is 2.50 bits per heavy atom. The number of sulfonamides is 1. The van der Waals surface area contributed by atoms with Crippen LogP contribution in [0.2, 0.25) is 0 Å². The maximum absolute atomic E-state index is 11.7. The van der Waals surface area contributed by atoms with E-state index >= 15 is 0 Å². The van der Waals surface area contributed by atoms with Crippen molar-refractivity contribution in [3.8, 4) is 0 Å². The highest BCUT2D eigenvalue weighted by atomic mass is 79.9. The molecule has 0 fully saturated rings. The second-order valence-electron chi connectivity index (χ2n) is 2.37. The number of hydrogen-bond donors (Lipinski definition) is 0. The van der Waals surface area contributed by atoms with Crippen molar-refractivity contribution in [3.05, 3.63) is 0 Å². The maximum atomic E-state index is 11.7. The van der Waals surface area contributed by atoms with Crippen molar-refractivity contribution in [2.45, 2.75) is 19.8 Å². The van der Waals surface area contributed by atoms with Gasteiger partial charge in [0.25, 0.3) is 0 Å². The van der Waals surface area contributed by atoms with E-state index in [4.69, 9.17) is 0 Å². The van der Waals surface area contributed by atoms with Gasteiger partial charge in [-0.2, -0.15) is 0 Å². The van der Waals surface area contributed by atoms with Crippen LogP contribution < -0.4 is 0 Å². The van der Waals surface area contributed by atoms with Gasteiger partial charge in [-0.1, -0.05) is 13.3 Å². The molecule has 0 aromatic carbocycles. The second kappa shape index (κ2) is 5.88. The zero-order chi connectivity index (χ0) is 9.61. The zero-order valence-corrected chi connectivity index (χ0v) is 9.37. The fraction of sp³-hybridized carbons (Fsp3) is 1.00. The fourth-order valence-corrected chi connectivity index (χ4v) is 2.10. The van der Waals surface area contributed by atoms with E-state index in [1.54, 1.807) is 0 Å². The minimum atomic E-state index is -3.41. The van der Waals surface area contributed by atoms with E-state index in [9.17, 15) is 12.8 Å². The molecule has 6 heteroatoms. The normalized spacial score (nSPS) is 12.3. The van der Waals surface area contributed by atoms with Crippen molar-refractivity contribution in [2.24, 2.45) is 0 Å². The van der Waals surface area contributed by atoms with E-state index in [1.165, 1.54) is 0 Å². The van der Waals surface area contributed by atoms with E-state index in [0.29, 0.717) is 6.54 Å². The van der Waals surface area contributed by atoms with Gasteiger partial charge < -0.3 is 0 Å².